The fraction of sp³-hybridized carbons (Fsp3) is 0.486. The molecule has 1 amide bonds. The zero-order valence-electron chi connectivity index (χ0n) is 28.0. The van der Waals surface area contributed by atoms with E-state index in [9.17, 15) is 39.6 Å². The number of carbonyl (C=O) groups is 2. The van der Waals surface area contributed by atoms with Crippen molar-refractivity contribution in [1.82, 2.24) is 9.62 Å². The van der Waals surface area contributed by atoms with Gasteiger partial charge in [-0.05, 0) is 92.0 Å². The molecule has 9 nitrogen and oxygen atoms in total. The fourth-order valence-electron chi connectivity index (χ4n) is 6.49. The number of nitrogens with two attached hydrogens (primary N) is 1. The number of likely N-dealkylation sites (tertiary alicyclic amines) is 1. The topological polar surface area (TPSA) is 139 Å². The van der Waals surface area contributed by atoms with E-state index in [1.807, 2.05) is 4.72 Å². The molecule has 1 aliphatic heterocycles. The summed E-state index contributed by atoms with van der Waals surface area (Å²) in [5, 5.41) is 8.33. The lowest BCUT2D eigenvalue weighted by Crippen LogP contribution is -2.58. The number of nitrogens with one attached hydrogen (secondary N) is 1. The average molecular weight is 780 g/mol. The number of sulfonamides is 1. The zero-order chi connectivity index (χ0) is 39.0. The molecule has 6 rings (SSSR count). The largest absolute Gasteiger partial charge is 0.490 e. The lowest BCUT2D eigenvalue weighted by atomic mass is 9.92. The molecule has 0 aromatic heterocycles. The average Bonchev–Trinajstić information content (AvgIpc) is 3.77. The number of fused-ring (bicyclic) bond motifs is 1. The molecule has 3 aromatic carbocycles. The first-order chi connectivity index (χ1) is 24.6. The Morgan fingerprint density at radius 1 is 0.849 bits per heavy atom. The summed E-state index contributed by atoms with van der Waals surface area (Å²) in [4.78, 5) is 23.3. The molecule has 0 unspecified atom stereocenters. The highest BCUT2D eigenvalue weighted by atomic mass is 32.2. The lowest BCUT2D eigenvalue weighted by Gasteiger charge is -2.35. The summed E-state index contributed by atoms with van der Waals surface area (Å²) >= 11 is 0. The number of carbonyl (C=O) groups excluding carboxylic acids is 1. The zero-order valence-corrected chi connectivity index (χ0v) is 28.8. The molecule has 1 saturated heterocycles. The van der Waals surface area contributed by atoms with Crippen LogP contribution in [0.3, 0.4) is 0 Å². The second-order valence-corrected chi connectivity index (χ2v) is 15.2. The van der Waals surface area contributed by atoms with Gasteiger partial charge in [-0.15, -0.1) is 0 Å². The Kier molecular flexibility index (Phi) is 11.4. The third kappa shape index (κ3) is 9.03. The number of halogens is 8. The van der Waals surface area contributed by atoms with E-state index in [0.717, 1.165) is 54.8 Å². The lowest BCUT2D eigenvalue weighted by molar-refractivity contribution is -0.192. The smallest absolute Gasteiger partial charge is 0.490 e. The predicted molar refractivity (Wildman–Crippen MR) is 176 cm³/mol. The van der Waals surface area contributed by atoms with Crippen LogP contribution in [0.1, 0.15) is 62.5 Å². The van der Waals surface area contributed by atoms with Gasteiger partial charge < -0.3 is 20.5 Å². The molecule has 2 saturated carbocycles. The van der Waals surface area contributed by atoms with Gasteiger partial charge >= 0.3 is 18.3 Å². The van der Waals surface area contributed by atoms with Gasteiger partial charge in [-0.2, -0.15) is 39.8 Å². The van der Waals surface area contributed by atoms with Crippen molar-refractivity contribution in [1.29, 1.82) is 0 Å². The summed E-state index contributed by atoms with van der Waals surface area (Å²) in [6.07, 6.45) is -4.95. The highest BCUT2D eigenvalue weighted by Crippen LogP contribution is 2.59. The molecule has 3 fully saturated rings. The van der Waals surface area contributed by atoms with Crippen LogP contribution < -0.4 is 15.2 Å². The summed E-state index contributed by atoms with van der Waals surface area (Å²) in [5.41, 5.74) is 2.91. The van der Waals surface area contributed by atoms with Crippen LogP contribution in [-0.4, -0.2) is 73.9 Å². The number of hydrogen-bond donors (Lipinski definition) is 3. The van der Waals surface area contributed by atoms with Crippen molar-refractivity contribution in [2.24, 2.45) is 5.73 Å². The van der Waals surface area contributed by atoms with Gasteiger partial charge in [0.1, 0.15) is 5.75 Å². The molecule has 3 aliphatic rings. The Hall–Kier alpha value is -4.03. The summed E-state index contributed by atoms with van der Waals surface area (Å²) in [5.74, 6) is -7.37. The molecular formula is C35H37F8N3O6S. The molecule has 4 N–H and O–H groups in total. The van der Waals surface area contributed by atoms with Crippen LogP contribution in [0.25, 0.3) is 10.8 Å². The number of amides is 1. The number of carboxylic acid groups (broad SMARTS) is 1. The quantitative estimate of drug-likeness (QED) is 0.204. The second-order valence-electron chi connectivity index (χ2n) is 13.5. The van der Waals surface area contributed by atoms with Gasteiger partial charge in [0.15, 0.2) is 6.04 Å². The molecule has 3 aromatic rings. The van der Waals surface area contributed by atoms with Crippen molar-refractivity contribution in [3.05, 3.63) is 71.8 Å². The first-order valence-corrected chi connectivity index (χ1v) is 18.3. The van der Waals surface area contributed by atoms with Crippen molar-refractivity contribution in [3.8, 4) is 5.75 Å². The number of ether oxygens (including phenoxy) is 1. The molecule has 0 spiro atoms. The molecular weight excluding hydrogens is 742 g/mol. The van der Waals surface area contributed by atoms with Crippen LogP contribution in [0.4, 0.5) is 35.1 Å². The molecule has 1 heterocycles. The van der Waals surface area contributed by atoms with Crippen molar-refractivity contribution < 1.29 is 63.0 Å². The summed E-state index contributed by atoms with van der Waals surface area (Å²) in [6, 6.07) is 10.2. The fourth-order valence-corrected chi connectivity index (χ4v) is 7.71. The standard InChI is InChI=1S/C33H36F5N3O4S.C2HF3O2/c34-32(35,24-9-7-23(8-10-24)31(15-16-31)33(36,37)38)29(30(42)41-17-13-25(39)14-18-41)40-46(43,44)28-12-6-21-19-27(11-5-22(21)20-28)45-26-3-1-2-4-26;3-2(4,5)1(6)7/h5-12,19-20,25-26,29,40H,1-4,13-18,39H2;(H,6,7)/t29-;/m1./s1. The highest BCUT2D eigenvalue weighted by molar-refractivity contribution is 7.89. The summed E-state index contributed by atoms with van der Waals surface area (Å²) in [7, 11) is -4.69. The van der Waals surface area contributed by atoms with E-state index in [1.54, 1.807) is 24.3 Å². The number of rotatable bonds is 9. The molecule has 0 bridgehead atoms. The van der Waals surface area contributed by atoms with Gasteiger partial charge in [0.25, 0.3) is 5.92 Å². The van der Waals surface area contributed by atoms with E-state index in [0.29, 0.717) is 29.4 Å². The molecule has 2 aliphatic carbocycles. The molecule has 53 heavy (non-hydrogen) atoms. The van der Waals surface area contributed by atoms with Crippen molar-refractivity contribution >= 4 is 32.7 Å². The minimum Gasteiger partial charge on any atom is -0.490 e. The maximum atomic E-state index is 16.3. The van der Waals surface area contributed by atoms with Crippen LogP contribution in [-0.2, 0) is 30.9 Å². The summed E-state index contributed by atoms with van der Waals surface area (Å²) < 4.78 is 140. The molecule has 290 valence electrons. The molecule has 18 heteroatoms. The van der Waals surface area contributed by atoms with Gasteiger partial charge in [0.05, 0.1) is 16.4 Å². The number of alkyl halides is 8. The number of nitrogens with zero attached hydrogens (tertiary/aromatic N) is 1. The Labute approximate surface area is 299 Å². The van der Waals surface area contributed by atoms with Gasteiger partial charge in [0, 0.05) is 24.7 Å². The van der Waals surface area contributed by atoms with E-state index in [2.05, 4.69) is 0 Å². The van der Waals surface area contributed by atoms with E-state index in [4.69, 9.17) is 20.4 Å². The predicted octanol–water partition coefficient (Wildman–Crippen LogP) is 6.78. The van der Waals surface area contributed by atoms with Crippen molar-refractivity contribution in [3.63, 3.8) is 0 Å². The third-order valence-electron chi connectivity index (χ3n) is 9.79. The highest BCUT2D eigenvalue weighted by Gasteiger charge is 2.64. The minimum absolute atomic E-state index is 0.0581. The second kappa shape index (κ2) is 15.0. The Balaban J connectivity index is 0.000000705. The normalized spacial score (nSPS) is 19.0. The monoisotopic (exact) mass is 779 g/mol. The SMILES string of the molecule is NC1CCN(C(=O)[C@@H](NS(=O)(=O)c2ccc3cc(OC4CCCC4)ccc3c2)C(F)(F)c2ccc(C3(C(F)(F)F)CC3)cc2)CC1.O=C(O)C(F)(F)F. The number of benzene rings is 3. The number of piperidine rings is 1. The van der Waals surface area contributed by atoms with Crippen molar-refractivity contribution in [2.75, 3.05) is 13.1 Å². The van der Waals surface area contributed by atoms with Crippen LogP contribution in [0, 0.1) is 0 Å². The van der Waals surface area contributed by atoms with Crippen LogP contribution in [0.5, 0.6) is 5.75 Å². The minimum atomic E-state index is -5.08. The van der Waals surface area contributed by atoms with Crippen molar-refractivity contribution in [2.45, 2.75) is 98.1 Å². The Morgan fingerprint density at radius 3 is 1.92 bits per heavy atom. The maximum Gasteiger partial charge on any atom is 0.490 e. The number of hydrogen-bond acceptors (Lipinski definition) is 6. The van der Waals surface area contributed by atoms with E-state index in [-0.39, 0.29) is 48.5 Å². The first kappa shape index (κ1) is 40.2. The third-order valence-corrected chi connectivity index (χ3v) is 11.2. The van der Waals surface area contributed by atoms with Gasteiger partial charge in [-0.25, -0.2) is 13.2 Å². The molecule has 1 atom stereocenters. The first-order valence-electron chi connectivity index (χ1n) is 16.8. The number of carboxylic acids is 1. The van der Waals surface area contributed by atoms with Gasteiger partial charge in [0.2, 0.25) is 15.9 Å². The number of aliphatic carboxylic acids is 1. The summed E-state index contributed by atoms with van der Waals surface area (Å²) in [6.45, 7) is 0.116. The van der Waals surface area contributed by atoms with Crippen LogP contribution in [0.15, 0.2) is 65.6 Å². The maximum absolute atomic E-state index is 16.3. The van der Waals surface area contributed by atoms with E-state index in [1.165, 1.54) is 12.1 Å². The Morgan fingerprint density at radius 2 is 1.40 bits per heavy atom. The van der Waals surface area contributed by atoms with Crippen LogP contribution in [0.2, 0.25) is 0 Å². The van der Waals surface area contributed by atoms with E-state index < -0.39 is 57.2 Å². The van der Waals surface area contributed by atoms with Gasteiger partial charge in [-0.1, -0.05) is 36.4 Å². The molecule has 0 radical (unpaired) electrons. The van der Waals surface area contributed by atoms with E-state index >= 15 is 8.78 Å². The van der Waals surface area contributed by atoms with Gasteiger partial charge in [-0.3, -0.25) is 4.79 Å². The van der Waals surface area contributed by atoms with Crippen LogP contribution >= 0.6 is 0 Å². The Bertz CT molecular complexity index is 1900.